The topological polar surface area (TPSA) is 84.2 Å². The van der Waals surface area contributed by atoms with Gasteiger partial charge in [0.25, 0.3) is 5.91 Å². The summed E-state index contributed by atoms with van der Waals surface area (Å²) in [4.78, 5) is 23.3. The number of hydrogen-bond donors (Lipinski definition) is 1. The van der Waals surface area contributed by atoms with Gasteiger partial charge < -0.3 is 14.7 Å². The monoisotopic (exact) mass is 351 g/mol. The van der Waals surface area contributed by atoms with Gasteiger partial charge in [-0.1, -0.05) is 17.3 Å². The molecule has 134 valence electrons. The van der Waals surface area contributed by atoms with E-state index in [1.54, 1.807) is 30.9 Å². The van der Waals surface area contributed by atoms with Crippen molar-refractivity contribution in [1.82, 2.24) is 15.1 Å². The normalized spacial score (nSPS) is 10.6. The lowest BCUT2D eigenvalue weighted by atomic mass is 10.2. The standard InChI is InChI=1S/C19H21N5O2/c1-5-24(15-8-6-7-12(2)9-15)19(25)16-11-17(21-14(4)20-16)22-18-10-13(3)26-23-18/h6-11H,5H2,1-4H3,(H,20,21,22,23). The van der Waals surface area contributed by atoms with Crippen molar-refractivity contribution in [3.63, 3.8) is 0 Å². The van der Waals surface area contributed by atoms with Crippen molar-refractivity contribution >= 4 is 23.2 Å². The van der Waals surface area contributed by atoms with Gasteiger partial charge in [-0.15, -0.1) is 0 Å². The van der Waals surface area contributed by atoms with Gasteiger partial charge in [0.1, 0.15) is 23.1 Å². The van der Waals surface area contributed by atoms with Gasteiger partial charge in [0.05, 0.1) is 0 Å². The van der Waals surface area contributed by atoms with Gasteiger partial charge in [-0.2, -0.15) is 0 Å². The van der Waals surface area contributed by atoms with Crippen LogP contribution in [0.2, 0.25) is 0 Å². The Kier molecular flexibility index (Phi) is 4.97. The number of benzene rings is 1. The molecule has 0 radical (unpaired) electrons. The lowest BCUT2D eigenvalue weighted by molar-refractivity contribution is 0.0983. The SMILES string of the molecule is CCN(C(=O)c1cc(Nc2cc(C)on2)nc(C)n1)c1cccc(C)c1. The third-order valence-corrected chi connectivity index (χ3v) is 3.82. The molecule has 0 aliphatic rings. The zero-order valence-electron chi connectivity index (χ0n) is 15.3. The van der Waals surface area contributed by atoms with Gasteiger partial charge in [-0.3, -0.25) is 4.79 Å². The van der Waals surface area contributed by atoms with E-state index in [1.165, 1.54) is 0 Å². The van der Waals surface area contributed by atoms with Crippen LogP contribution in [0.4, 0.5) is 17.3 Å². The molecule has 0 atom stereocenters. The molecule has 2 aromatic heterocycles. The average molecular weight is 351 g/mol. The number of nitrogens with one attached hydrogen (secondary N) is 1. The van der Waals surface area contributed by atoms with E-state index in [-0.39, 0.29) is 5.91 Å². The number of hydrogen-bond acceptors (Lipinski definition) is 6. The van der Waals surface area contributed by atoms with Crippen LogP contribution in [0.25, 0.3) is 0 Å². The third-order valence-electron chi connectivity index (χ3n) is 3.82. The number of nitrogens with zero attached hydrogens (tertiary/aromatic N) is 4. The first kappa shape index (κ1) is 17.6. The highest BCUT2D eigenvalue weighted by Crippen LogP contribution is 2.20. The van der Waals surface area contributed by atoms with Crippen LogP contribution in [-0.2, 0) is 0 Å². The van der Waals surface area contributed by atoms with Gasteiger partial charge in [0.2, 0.25) is 0 Å². The zero-order valence-corrected chi connectivity index (χ0v) is 15.3. The molecule has 26 heavy (non-hydrogen) atoms. The maximum Gasteiger partial charge on any atom is 0.277 e. The van der Waals surface area contributed by atoms with Gasteiger partial charge >= 0.3 is 0 Å². The number of anilines is 3. The molecule has 1 aromatic carbocycles. The minimum atomic E-state index is -0.178. The first-order chi connectivity index (χ1) is 12.5. The average Bonchev–Trinajstić information content (AvgIpc) is 3.00. The smallest absolute Gasteiger partial charge is 0.277 e. The molecule has 0 saturated heterocycles. The fourth-order valence-electron chi connectivity index (χ4n) is 2.68. The van der Waals surface area contributed by atoms with E-state index in [2.05, 4.69) is 20.4 Å². The van der Waals surface area contributed by atoms with Gasteiger partial charge in [-0.05, 0) is 45.4 Å². The van der Waals surface area contributed by atoms with Crippen LogP contribution in [0.1, 0.15) is 34.6 Å². The van der Waals surface area contributed by atoms with E-state index in [9.17, 15) is 4.79 Å². The molecule has 1 amide bonds. The quantitative estimate of drug-likeness (QED) is 0.753. The molecule has 0 unspecified atom stereocenters. The van der Waals surface area contributed by atoms with Crippen molar-refractivity contribution in [2.24, 2.45) is 0 Å². The third kappa shape index (κ3) is 3.88. The summed E-state index contributed by atoms with van der Waals surface area (Å²) in [5, 5.41) is 6.92. The van der Waals surface area contributed by atoms with Crippen molar-refractivity contribution < 1.29 is 9.32 Å². The summed E-state index contributed by atoms with van der Waals surface area (Å²) in [5.74, 6) is 2.03. The van der Waals surface area contributed by atoms with Gasteiger partial charge in [0.15, 0.2) is 5.82 Å². The molecule has 0 bridgehead atoms. The Bertz CT molecular complexity index is 935. The molecule has 7 nitrogen and oxygen atoms in total. The van der Waals surface area contributed by atoms with Crippen molar-refractivity contribution in [1.29, 1.82) is 0 Å². The molecule has 0 aliphatic carbocycles. The summed E-state index contributed by atoms with van der Waals surface area (Å²) in [7, 11) is 0. The first-order valence-electron chi connectivity index (χ1n) is 8.41. The highest BCUT2D eigenvalue weighted by molar-refractivity contribution is 6.05. The first-order valence-corrected chi connectivity index (χ1v) is 8.41. The molecule has 3 aromatic rings. The summed E-state index contributed by atoms with van der Waals surface area (Å²) in [6.45, 7) is 8.03. The van der Waals surface area contributed by atoms with Gasteiger partial charge in [0, 0.05) is 24.4 Å². The fourth-order valence-corrected chi connectivity index (χ4v) is 2.68. The lowest BCUT2D eigenvalue weighted by Crippen LogP contribution is -2.31. The Balaban J connectivity index is 1.90. The van der Waals surface area contributed by atoms with E-state index in [4.69, 9.17) is 4.52 Å². The molecular formula is C19H21N5O2. The predicted octanol–water partition coefficient (Wildman–Crippen LogP) is 3.80. The number of carbonyl (C=O) groups excluding carboxylic acids is 1. The molecule has 1 N–H and O–H groups in total. The van der Waals surface area contributed by atoms with Crippen LogP contribution in [0.5, 0.6) is 0 Å². The Morgan fingerprint density at radius 2 is 1.92 bits per heavy atom. The van der Waals surface area contributed by atoms with Gasteiger partial charge in [-0.25, -0.2) is 9.97 Å². The van der Waals surface area contributed by atoms with Crippen molar-refractivity contribution in [2.75, 3.05) is 16.8 Å². The summed E-state index contributed by atoms with van der Waals surface area (Å²) < 4.78 is 5.04. The minimum absolute atomic E-state index is 0.178. The van der Waals surface area contributed by atoms with Crippen LogP contribution in [0.3, 0.4) is 0 Å². The van der Waals surface area contributed by atoms with Crippen LogP contribution < -0.4 is 10.2 Å². The number of rotatable bonds is 5. The summed E-state index contributed by atoms with van der Waals surface area (Å²) in [5.41, 5.74) is 2.26. The molecule has 0 aliphatic heterocycles. The Morgan fingerprint density at radius 1 is 1.12 bits per heavy atom. The van der Waals surface area contributed by atoms with Crippen molar-refractivity contribution in [3.05, 3.63) is 59.2 Å². The Morgan fingerprint density at radius 3 is 2.58 bits per heavy atom. The van der Waals surface area contributed by atoms with Crippen LogP contribution in [0.15, 0.2) is 40.9 Å². The summed E-state index contributed by atoms with van der Waals surface area (Å²) >= 11 is 0. The molecule has 7 heteroatoms. The molecule has 3 rings (SSSR count). The van der Waals surface area contributed by atoms with Crippen molar-refractivity contribution in [2.45, 2.75) is 27.7 Å². The fraction of sp³-hybridized carbons (Fsp3) is 0.263. The van der Waals surface area contributed by atoms with Crippen LogP contribution >= 0.6 is 0 Å². The van der Waals surface area contributed by atoms with E-state index in [1.807, 2.05) is 38.1 Å². The maximum atomic E-state index is 13.0. The highest BCUT2D eigenvalue weighted by atomic mass is 16.5. The summed E-state index contributed by atoms with van der Waals surface area (Å²) in [6.07, 6.45) is 0. The largest absolute Gasteiger partial charge is 0.360 e. The van der Waals surface area contributed by atoms with E-state index >= 15 is 0 Å². The number of aromatic nitrogens is 3. The Hall–Kier alpha value is -3.22. The number of carbonyl (C=O) groups is 1. The van der Waals surface area contributed by atoms with E-state index in [0.717, 1.165) is 11.3 Å². The molecule has 0 fully saturated rings. The predicted molar refractivity (Wildman–Crippen MR) is 99.8 cm³/mol. The van der Waals surface area contributed by atoms with E-state index < -0.39 is 0 Å². The second-order valence-electron chi connectivity index (χ2n) is 6.02. The summed E-state index contributed by atoms with van der Waals surface area (Å²) in [6, 6.07) is 11.2. The lowest BCUT2D eigenvalue weighted by Gasteiger charge is -2.21. The van der Waals surface area contributed by atoms with Crippen LogP contribution in [0, 0.1) is 20.8 Å². The molecule has 0 spiro atoms. The number of aryl methyl sites for hydroxylation is 3. The van der Waals surface area contributed by atoms with E-state index in [0.29, 0.717) is 35.5 Å². The minimum Gasteiger partial charge on any atom is -0.360 e. The number of amides is 1. The Labute approximate surface area is 152 Å². The maximum absolute atomic E-state index is 13.0. The second-order valence-corrected chi connectivity index (χ2v) is 6.02. The second kappa shape index (κ2) is 7.35. The van der Waals surface area contributed by atoms with Crippen LogP contribution in [-0.4, -0.2) is 27.6 Å². The van der Waals surface area contributed by atoms with Crippen molar-refractivity contribution in [3.8, 4) is 0 Å². The zero-order chi connectivity index (χ0) is 18.7. The molecule has 2 heterocycles. The highest BCUT2D eigenvalue weighted by Gasteiger charge is 2.19. The molecule has 0 saturated carbocycles. The molecular weight excluding hydrogens is 330 g/mol.